The Morgan fingerprint density at radius 2 is 2.45 bits per heavy atom. The molecule has 1 aromatic carbocycles. The van der Waals surface area contributed by atoms with Gasteiger partial charge in [0.15, 0.2) is 0 Å². The molecule has 5 heteroatoms. The number of likely N-dealkylation sites (tertiary alicyclic amines) is 1. The van der Waals surface area contributed by atoms with Crippen molar-refractivity contribution in [1.29, 1.82) is 0 Å². The zero-order chi connectivity index (χ0) is 13.9. The van der Waals surface area contributed by atoms with Crippen LogP contribution in [-0.4, -0.2) is 47.0 Å². The summed E-state index contributed by atoms with van der Waals surface area (Å²) in [5.74, 6) is 0.575. The molecule has 0 bridgehead atoms. The van der Waals surface area contributed by atoms with Gasteiger partial charge in [0.2, 0.25) is 0 Å². The number of H-pyrrole nitrogens is 1. The van der Waals surface area contributed by atoms with Gasteiger partial charge < -0.3 is 15.2 Å². The summed E-state index contributed by atoms with van der Waals surface area (Å²) in [4.78, 5) is 21.8. The number of amides is 1. The van der Waals surface area contributed by atoms with E-state index in [0.717, 1.165) is 37.2 Å². The van der Waals surface area contributed by atoms with Crippen molar-refractivity contribution in [1.82, 2.24) is 20.2 Å². The van der Waals surface area contributed by atoms with Gasteiger partial charge in [0.1, 0.15) is 0 Å². The van der Waals surface area contributed by atoms with E-state index in [1.165, 1.54) is 6.42 Å². The van der Waals surface area contributed by atoms with Gasteiger partial charge in [-0.25, -0.2) is 4.98 Å². The summed E-state index contributed by atoms with van der Waals surface area (Å²) in [6.07, 6.45) is 2.82. The van der Waals surface area contributed by atoms with Crippen LogP contribution in [0, 0.1) is 5.92 Å². The van der Waals surface area contributed by atoms with Crippen molar-refractivity contribution in [3.05, 3.63) is 30.1 Å². The SMILES string of the molecule is CCN1CCC(CNC(=O)c2ccc3nc[nH]c3c2)C1. The Kier molecular flexibility index (Phi) is 3.69. The number of aromatic amines is 1. The van der Waals surface area contributed by atoms with E-state index >= 15 is 0 Å². The molecular weight excluding hydrogens is 252 g/mol. The van der Waals surface area contributed by atoms with Gasteiger partial charge in [0.05, 0.1) is 17.4 Å². The lowest BCUT2D eigenvalue weighted by molar-refractivity contribution is 0.0947. The Labute approximate surface area is 118 Å². The third-order valence-corrected chi connectivity index (χ3v) is 4.05. The van der Waals surface area contributed by atoms with Crippen molar-refractivity contribution in [3.8, 4) is 0 Å². The maximum atomic E-state index is 12.2. The molecule has 2 N–H and O–H groups in total. The number of hydrogen-bond acceptors (Lipinski definition) is 3. The first-order valence-corrected chi connectivity index (χ1v) is 7.20. The predicted molar refractivity (Wildman–Crippen MR) is 78.6 cm³/mol. The number of nitrogens with zero attached hydrogens (tertiary/aromatic N) is 2. The highest BCUT2D eigenvalue weighted by Gasteiger charge is 2.21. The molecule has 0 radical (unpaired) electrons. The number of carbonyl (C=O) groups is 1. The zero-order valence-corrected chi connectivity index (χ0v) is 11.7. The molecule has 20 heavy (non-hydrogen) atoms. The molecule has 1 unspecified atom stereocenters. The average Bonchev–Trinajstić information content (AvgIpc) is 3.12. The number of nitrogens with one attached hydrogen (secondary N) is 2. The summed E-state index contributed by atoms with van der Waals surface area (Å²) in [5.41, 5.74) is 2.47. The van der Waals surface area contributed by atoms with Crippen molar-refractivity contribution < 1.29 is 4.79 Å². The highest BCUT2D eigenvalue weighted by atomic mass is 16.1. The average molecular weight is 272 g/mol. The molecule has 2 heterocycles. The van der Waals surface area contributed by atoms with E-state index in [0.29, 0.717) is 11.5 Å². The van der Waals surface area contributed by atoms with Crippen LogP contribution in [0.25, 0.3) is 11.0 Å². The van der Waals surface area contributed by atoms with Gasteiger partial charge in [-0.2, -0.15) is 0 Å². The summed E-state index contributed by atoms with van der Waals surface area (Å²) in [7, 11) is 0. The van der Waals surface area contributed by atoms with Crippen LogP contribution < -0.4 is 5.32 Å². The van der Waals surface area contributed by atoms with Gasteiger partial charge in [0.25, 0.3) is 5.91 Å². The van der Waals surface area contributed by atoms with Crippen LogP contribution in [0.1, 0.15) is 23.7 Å². The standard InChI is InChI=1S/C15H20N4O/c1-2-19-6-5-11(9-19)8-16-15(20)12-3-4-13-14(7-12)18-10-17-13/h3-4,7,10-11H,2,5-6,8-9H2,1H3,(H,16,20)(H,17,18). The molecule has 3 rings (SSSR count). The van der Waals surface area contributed by atoms with Crippen LogP contribution in [0.4, 0.5) is 0 Å². The number of hydrogen-bond donors (Lipinski definition) is 2. The maximum Gasteiger partial charge on any atom is 0.251 e. The van der Waals surface area contributed by atoms with Gasteiger partial charge >= 0.3 is 0 Å². The van der Waals surface area contributed by atoms with E-state index in [1.807, 2.05) is 18.2 Å². The van der Waals surface area contributed by atoms with Crippen LogP contribution in [0.3, 0.4) is 0 Å². The van der Waals surface area contributed by atoms with E-state index < -0.39 is 0 Å². The predicted octanol–water partition coefficient (Wildman–Crippen LogP) is 1.63. The topological polar surface area (TPSA) is 61.0 Å². The van der Waals surface area contributed by atoms with E-state index in [4.69, 9.17) is 0 Å². The van der Waals surface area contributed by atoms with Gasteiger partial charge in [0, 0.05) is 18.7 Å². The fourth-order valence-electron chi connectivity index (χ4n) is 2.78. The minimum absolute atomic E-state index is 0.00329. The van der Waals surface area contributed by atoms with E-state index in [-0.39, 0.29) is 5.91 Å². The summed E-state index contributed by atoms with van der Waals surface area (Å²) in [6, 6.07) is 5.55. The second-order valence-electron chi connectivity index (χ2n) is 5.39. The molecule has 1 aliphatic heterocycles. The fourth-order valence-corrected chi connectivity index (χ4v) is 2.78. The van der Waals surface area contributed by atoms with Crippen LogP contribution in [0.15, 0.2) is 24.5 Å². The van der Waals surface area contributed by atoms with Crippen LogP contribution >= 0.6 is 0 Å². The summed E-state index contributed by atoms with van der Waals surface area (Å²) < 4.78 is 0. The Bertz CT molecular complexity index is 607. The number of fused-ring (bicyclic) bond motifs is 1. The molecule has 2 aromatic rings. The van der Waals surface area contributed by atoms with Crippen LogP contribution in [0.2, 0.25) is 0 Å². The molecule has 106 valence electrons. The normalized spacial score (nSPS) is 19.6. The van der Waals surface area contributed by atoms with Crippen molar-refractivity contribution in [2.75, 3.05) is 26.2 Å². The molecule has 0 aliphatic carbocycles. The summed E-state index contributed by atoms with van der Waals surface area (Å²) in [6.45, 7) is 6.28. The molecule has 5 nitrogen and oxygen atoms in total. The van der Waals surface area contributed by atoms with Crippen LogP contribution in [0.5, 0.6) is 0 Å². The highest BCUT2D eigenvalue weighted by molar-refractivity contribution is 5.97. The first-order chi connectivity index (χ1) is 9.76. The fraction of sp³-hybridized carbons (Fsp3) is 0.467. The number of imidazole rings is 1. The second kappa shape index (κ2) is 5.63. The van der Waals surface area contributed by atoms with Crippen LogP contribution in [-0.2, 0) is 0 Å². The Hall–Kier alpha value is -1.88. The number of aromatic nitrogens is 2. The molecule has 1 aliphatic rings. The Morgan fingerprint density at radius 1 is 1.55 bits per heavy atom. The lowest BCUT2D eigenvalue weighted by atomic mass is 10.1. The quantitative estimate of drug-likeness (QED) is 0.889. The minimum Gasteiger partial charge on any atom is -0.352 e. The molecule has 1 saturated heterocycles. The summed E-state index contributed by atoms with van der Waals surface area (Å²) in [5, 5.41) is 3.04. The monoisotopic (exact) mass is 272 g/mol. The van der Waals surface area contributed by atoms with E-state index in [9.17, 15) is 4.79 Å². The van der Waals surface area contributed by atoms with Gasteiger partial charge in [-0.05, 0) is 43.6 Å². The van der Waals surface area contributed by atoms with Crippen molar-refractivity contribution in [3.63, 3.8) is 0 Å². The number of rotatable bonds is 4. The maximum absolute atomic E-state index is 12.2. The molecule has 1 amide bonds. The lowest BCUT2D eigenvalue weighted by Gasteiger charge is -2.13. The van der Waals surface area contributed by atoms with Crippen molar-refractivity contribution in [2.24, 2.45) is 5.92 Å². The lowest BCUT2D eigenvalue weighted by Crippen LogP contribution is -2.31. The third-order valence-electron chi connectivity index (χ3n) is 4.05. The molecular formula is C15H20N4O. The van der Waals surface area contributed by atoms with E-state index in [1.54, 1.807) is 6.33 Å². The zero-order valence-electron chi connectivity index (χ0n) is 11.7. The molecule has 0 saturated carbocycles. The first-order valence-electron chi connectivity index (χ1n) is 7.20. The third kappa shape index (κ3) is 2.67. The van der Waals surface area contributed by atoms with Crippen molar-refractivity contribution >= 4 is 16.9 Å². The minimum atomic E-state index is -0.00329. The Balaban J connectivity index is 1.59. The Morgan fingerprint density at radius 3 is 3.25 bits per heavy atom. The van der Waals surface area contributed by atoms with E-state index in [2.05, 4.69) is 27.1 Å². The summed E-state index contributed by atoms with van der Waals surface area (Å²) >= 11 is 0. The first kappa shape index (κ1) is 13.1. The number of benzene rings is 1. The van der Waals surface area contributed by atoms with Gasteiger partial charge in [-0.1, -0.05) is 6.92 Å². The van der Waals surface area contributed by atoms with Gasteiger partial charge in [-0.3, -0.25) is 4.79 Å². The smallest absolute Gasteiger partial charge is 0.251 e. The molecule has 0 spiro atoms. The second-order valence-corrected chi connectivity index (χ2v) is 5.39. The van der Waals surface area contributed by atoms with Gasteiger partial charge in [-0.15, -0.1) is 0 Å². The molecule has 1 fully saturated rings. The number of carbonyl (C=O) groups excluding carboxylic acids is 1. The van der Waals surface area contributed by atoms with Crippen molar-refractivity contribution in [2.45, 2.75) is 13.3 Å². The highest BCUT2D eigenvalue weighted by Crippen LogP contribution is 2.15. The molecule has 1 atom stereocenters. The largest absolute Gasteiger partial charge is 0.352 e. The molecule has 1 aromatic heterocycles.